The summed E-state index contributed by atoms with van der Waals surface area (Å²) in [7, 11) is -3.75. The maximum Gasteiger partial charge on any atom is 0.185 e. The summed E-state index contributed by atoms with van der Waals surface area (Å²) < 4.78 is 24.3. The summed E-state index contributed by atoms with van der Waals surface area (Å²) in [4.78, 5) is 12.1. The Morgan fingerprint density at radius 1 is 1.05 bits per heavy atom. The number of hydrogen-bond acceptors (Lipinski definition) is 4. The van der Waals surface area contributed by atoms with Crippen LogP contribution in [-0.2, 0) is 9.84 Å². The standard InChI is InChI=1S/C14H11Cl2NO3S/c15-9-1-6-12(13(16)7-9)14(18)8-21(19,20)11-4-2-10(17)3-5-11/h1-7H,8,17H2. The van der Waals surface area contributed by atoms with Gasteiger partial charge in [0.2, 0.25) is 0 Å². The van der Waals surface area contributed by atoms with Crippen molar-refractivity contribution >= 4 is 44.5 Å². The van der Waals surface area contributed by atoms with Crippen LogP contribution < -0.4 is 5.73 Å². The van der Waals surface area contributed by atoms with E-state index in [9.17, 15) is 13.2 Å². The van der Waals surface area contributed by atoms with E-state index in [2.05, 4.69) is 0 Å². The van der Waals surface area contributed by atoms with E-state index in [0.717, 1.165) is 0 Å². The number of carbonyl (C=O) groups is 1. The van der Waals surface area contributed by atoms with Crippen LogP contribution in [0.1, 0.15) is 10.4 Å². The Morgan fingerprint density at radius 2 is 1.67 bits per heavy atom. The van der Waals surface area contributed by atoms with Crippen molar-refractivity contribution < 1.29 is 13.2 Å². The van der Waals surface area contributed by atoms with Gasteiger partial charge in [-0.1, -0.05) is 23.2 Å². The van der Waals surface area contributed by atoms with Crippen LogP contribution in [0.5, 0.6) is 0 Å². The fourth-order valence-corrected chi connectivity index (χ4v) is 3.46. The summed E-state index contributed by atoms with van der Waals surface area (Å²) in [5, 5.41) is 0.498. The molecule has 0 aromatic heterocycles. The van der Waals surface area contributed by atoms with E-state index in [1.54, 1.807) is 0 Å². The van der Waals surface area contributed by atoms with Crippen LogP contribution in [0.25, 0.3) is 0 Å². The normalized spacial score (nSPS) is 11.3. The van der Waals surface area contributed by atoms with Crippen molar-refractivity contribution in [3.05, 3.63) is 58.1 Å². The third-order valence-corrected chi connectivity index (χ3v) is 4.97. The number of hydrogen-bond donors (Lipinski definition) is 1. The molecule has 0 fully saturated rings. The first-order valence-electron chi connectivity index (χ1n) is 5.86. The monoisotopic (exact) mass is 343 g/mol. The van der Waals surface area contributed by atoms with Gasteiger partial charge in [0.25, 0.3) is 0 Å². The molecule has 7 heteroatoms. The SMILES string of the molecule is Nc1ccc(S(=O)(=O)CC(=O)c2ccc(Cl)cc2Cl)cc1. The molecule has 0 spiro atoms. The van der Waals surface area contributed by atoms with E-state index in [0.29, 0.717) is 10.7 Å². The molecule has 2 aromatic rings. The highest BCUT2D eigenvalue weighted by molar-refractivity contribution is 7.92. The molecule has 2 aromatic carbocycles. The molecule has 0 amide bonds. The Hall–Kier alpha value is -1.56. The Bertz CT molecular complexity index is 786. The molecule has 2 N–H and O–H groups in total. The van der Waals surface area contributed by atoms with Crippen LogP contribution in [0.3, 0.4) is 0 Å². The smallest absolute Gasteiger partial charge is 0.185 e. The first-order valence-corrected chi connectivity index (χ1v) is 8.27. The van der Waals surface area contributed by atoms with Crippen molar-refractivity contribution in [1.29, 1.82) is 0 Å². The predicted octanol–water partition coefficient (Wildman–Crippen LogP) is 3.23. The minimum atomic E-state index is -3.75. The van der Waals surface area contributed by atoms with E-state index >= 15 is 0 Å². The number of anilines is 1. The molecule has 110 valence electrons. The van der Waals surface area contributed by atoms with E-state index in [1.165, 1.54) is 42.5 Å². The van der Waals surface area contributed by atoms with Crippen LogP contribution in [0.15, 0.2) is 47.4 Å². The number of carbonyl (C=O) groups excluding carboxylic acids is 1. The molecular formula is C14H11Cl2NO3S. The van der Waals surface area contributed by atoms with Gasteiger partial charge in [-0.3, -0.25) is 4.79 Å². The van der Waals surface area contributed by atoms with Crippen molar-refractivity contribution in [2.45, 2.75) is 4.90 Å². The second-order valence-electron chi connectivity index (χ2n) is 4.38. The molecule has 4 nitrogen and oxygen atoms in total. The number of Topliss-reactive ketones (excluding diaryl/α,β-unsaturated/α-hetero) is 1. The lowest BCUT2D eigenvalue weighted by atomic mass is 10.1. The van der Waals surface area contributed by atoms with Crippen LogP contribution >= 0.6 is 23.2 Å². The van der Waals surface area contributed by atoms with Crippen molar-refractivity contribution in [2.24, 2.45) is 0 Å². The molecule has 0 saturated carbocycles. The van der Waals surface area contributed by atoms with Crippen molar-refractivity contribution in [2.75, 3.05) is 11.5 Å². The summed E-state index contributed by atoms with van der Waals surface area (Å²) in [5.41, 5.74) is 6.08. The van der Waals surface area contributed by atoms with Gasteiger partial charge in [-0.05, 0) is 42.5 Å². The fraction of sp³-hybridized carbons (Fsp3) is 0.0714. The van der Waals surface area contributed by atoms with E-state index in [-0.39, 0.29) is 15.5 Å². The lowest BCUT2D eigenvalue weighted by Crippen LogP contribution is -2.16. The van der Waals surface area contributed by atoms with Crippen molar-refractivity contribution in [3.63, 3.8) is 0 Å². The zero-order valence-corrected chi connectivity index (χ0v) is 13.0. The quantitative estimate of drug-likeness (QED) is 0.682. The second-order valence-corrected chi connectivity index (χ2v) is 7.21. The summed E-state index contributed by atoms with van der Waals surface area (Å²) in [5.74, 6) is -1.26. The Labute approximate surface area is 132 Å². The molecular weight excluding hydrogens is 333 g/mol. The molecule has 0 bridgehead atoms. The van der Waals surface area contributed by atoms with Gasteiger partial charge in [0, 0.05) is 16.3 Å². The van der Waals surface area contributed by atoms with Crippen molar-refractivity contribution in [1.82, 2.24) is 0 Å². The molecule has 0 heterocycles. The number of sulfone groups is 1. The Balaban J connectivity index is 2.28. The number of benzene rings is 2. The van der Waals surface area contributed by atoms with Gasteiger partial charge < -0.3 is 5.73 Å². The number of rotatable bonds is 4. The zero-order chi connectivity index (χ0) is 15.6. The number of ketones is 1. The zero-order valence-electron chi connectivity index (χ0n) is 10.7. The van der Waals surface area contributed by atoms with Crippen LogP contribution in [0, 0.1) is 0 Å². The summed E-state index contributed by atoms with van der Waals surface area (Å²) in [6, 6.07) is 9.94. The third kappa shape index (κ3) is 3.75. The van der Waals surface area contributed by atoms with Gasteiger partial charge in [-0.2, -0.15) is 0 Å². The van der Waals surface area contributed by atoms with E-state index in [1.807, 2.05) is 0 Å². The largest absolute Gasteiger partial charge is 0.399 e. The summed E-state index contributed by atoms with van der Waals surface area (Å²) >= 11 is 11.6. The number of nitrogens with two attached hydrogens (primary N) is 1. The summed E-state index contributed by atoms with van der Waals surface area (Å²) in [6.07, 6.45) is 0. The highest BCUT2D eigenvalue weighted by Crippen LogP contribution is 2.23. The van der Waals surface area contributed by atoms with Gasteiger partial charge in [0.1, 0.15) is 5.75 Å². The van der Waals surface area contributed by atoms with Gasteiger partial charge in [-0.25, -0.2) is 8.42 Å². The fourth-order valence-electron chi connectivity index (χ4n) is 1.72. The summed E-state index contributed by atoms with van der Waals surface area (Å²) in [6.45, 7) is 0. The molecule has 0 atom stereocenters. The van der Waals surface area contributed by atoms with Crippen LogP contribution in [0.4, 0.5) is 5.69 Å². The molecule has 0 aliphatic carbocycles. The first-order chi connectivity index (χ1) is 9.79. The number of nitrogen functional groups attached to an aromatic ring is 1. The molecule has 0 aliphatic rings. The molecule has 0 aliphatic heterocycles. The minimum absolute atomic E-state index is 0.0372. The minimum Gasteiger partial charge on any atom is -0.399 e. The lowest BCUT2D eigenvalue weighted by molar-refractivity contribution is 0.102. The van der Waals surface area contributed by atoms with Gasteiger partial charge >= 0.3 is 0 Å². The van der Waals surface area contributed by atoms with Crippen LogP contribution in [0.2, 0.25) is 10.0 Å². The maximum atomic E-state index is 12.2. The Kier molecular flexibility index (Phi) is 4.56. The average molecular weight is 344 g/mol. The molecule has 0 radical (unpaired) electrons. The first kappa shape index (κ1) is 15.8. The van der Waals surface area contributed by atoms with E-state index in [4.69, 9.17) is 28.9 Å². The molecule has 2 rings (SSSR count). The van der Waals surface area contributed by atoms with Gasteiger partial charge in [0.15, 0.2) is 15.6 Å². The van der Waals surface area contributed by atoms with Gasteiger partial charge in [0.05, 0.1) is 9.92 Å². The molecule has 0 saturated heterocycles. The highest BCUT2D eigenvalue weighted by Gasteiger charge is 2.21. The third-order valence-electron chi connectivity index (χ3n) is 2.79. The van der Waals surface area contributed by atoms with Crippen molar-refractivity contribution in [3.8, 4) is 0 Å². The van der Waals surface area contributed by atoms with Gasteiger partial charge in [-0.15, -0.1) is 0 Å². The predicted molar refractivity (Wildman–Crippen MR) is 83.7 cm³/mol. The van der Waals surface area contributed by atoms with Crippen LogP contribution in [-0.4, -0.2) is 20.0 Å². The highest BCUT2D eigenvalue weighted by atomic mass is 35.5. The molecule has 21 heavy (non-hydrogen) atoms. The van der Waals surface area contributed by atoms with E-state index < -0.39 is 21.4 Å². The maximum absolute atomic E-state index is 12.2. The number of halogens is 2. The topological polar surface area (TPSA) is 77.2 Å². The second kappa shape index (κ2) is 6.05. The molecule has 0 unspecified atom stereocenters. The lowest BCUT2D eigenvalue weighted by Gasteiger charge is -2.06. The average Bonchev–Trinajstić information content (AvgIpc) is 2.38. The Morgan fingerprint density at radius 3 is 2.24 bits per heavy atom.